The van der Waals surface area contributed by atoms with Gasteiger partial charge < -0.3 is 4.90 Å². The molecule has 0 fully saturated rings. The van der Waals surface area contributed by atoms with E-state index in [1.807, 2.05) is 0 Å². The van der Waals surface area contributed by atoms with Crippen molar-refractivity contribution in [3.8, 4) is 0 Å². The lowest BCUT2D eigenvalue weighted by Gasteiger charge is -2.13. The summed E-state index contributed by atoms with van der Waals surface area (Å²) >= 11 is 5.59. The summed E-state index contributed by atoms with van der Waals surface area (Å²) < 4.78 is 13.1. The highest BCUT2D eigenvalue weighted by atomic mass is 35.5. The average molecular weight is 228 g/mol. The van der Waals surface area contributed by atoms with E-state index in [9.17, 15) is 14.0 Å². The zero-order chi connectivity index (χ0) is 11.2. The van der Waals surface area contributed by atoms with Gasteiger partial charge in [0.2, 0.25) is 0 Å². The third-order valence-electron chi connectivity index (χ3n) is 2.33. The first-order chi connectivity index (χ1) is 7.06. The SMILES string of the molecule is CCN1C(=O)C(=O)c2cc(F)c(Cl)cc21. The lowest BCUT2D eigenvalue weighted by atomic mass is 10.1. The van der Waals surface area contributed by atoms with Gasteiger partial charge in [-0.1, -0.05) is 11.6 Å². The molecule has 1 heterocycles. The van der Waals surface area contributed by atoms with Crippen LogP contribution < -0.4 is 4.90 Å². The van der Waals surface area contributed by atoms with Gasteiger partial charge in [0.25, 0.3) is 11.7 Å². The molecule has 3 nitrogen and oxygen atoms in total. The number of nitrogens with zero attached hydrogens (tertiary/aromatic N) is 1. The average Bonchev–Trinajstić information content (AvgIpc) is 2.42. The maximum absolute atomic E-state index is 13.1. The molecule has 78 valence electrons. The standard InChI is InChI=1S/C10H7ClFNO2/c1-2-13-8-4-6(11)7(12)3-5(8)9(14)10(13)15/h3-4H,2H2,1H3. The number of hydrogen-bond acceptors (Lipinski definition) is 2. The highest BCUT2D eigenvalue weighted by Crippen LogP contribution is 2.32. The number of halogens is 2. The normalized spacial score (nSPS) is 14.7. The van der Waals surface area contributed by atoms with Crippen LogP contribution >= 0.6 is 11.6 Å². The van der Waals surface area contributed by atoms with Gasteiger partial charge in [-0.3, -0.25) is 9.59 Å². The van der Waals surface area contributed by atoms with Crippen LogP contribution in [0.4, 0.5) is 10.1 Å². The zero-order valence-electron chi connectivity index (χ0n) is 7.88. The fourth-order valence-electron chi connectivity index (χ4n) is 1.60. The van der Waals surface area contributed by atoms with Crippen LogP contribution in [-0.4, -0.2) is 18.2 Å². The summed E-state index contributed by atoms with van der Waals surface area (Å²) in [6.07, 6.45) is 0. The zero-order valence-corrected chi connectivity index (χ0v) is 8.64. The number of amides is 1. The number of carbonyl (C=O) groups excluding carboxylic acids is 2. The first-order valence-electron chi connectivity index (χ1n) is 4.41. The lowest BCUT2D eigenvalue weighted by molar-refractivity contribution is -0.114. The largest absolute Gasteiger partial charge is 0.305 e. The van der Waals surface area contributed by atoms with Crippen molar-refractivity contribution >= 4 is 29.0 Å². The lowest BCUT2D eigenvalue weighted by Crippen LogP contribution is -2.29. The molecule has 0 unspecified atom stereocenters. The predicted octanol–water partition coefficient (Wildman–Crippen LogP) is 2.03. The first kappa shape index (κ1) is 10.1. The fraction of sp³-hybridized carbons (Fsp3) is 0.200. The molecule has 1 amide bonds. The summed E-state index contributed by atoms with van der Waals surface area (Å²) in [7, 11) is 0. The highest BCUT2D eigenvalue weighted by Gasteiger charge is 2.35. The van der Waals surface area contributed by atoms with Gasteiger partial charge in [-0.15, -0.1) is 0 Å². The summed E-state index contributed by atoms with van der Waals surface area (Å²) in [6.45, 7) is 2.09. The summed E-state index contributed by atoms with van der Waals surface area (Å²) in [5, 5.41) is -0.0882. The van der Waals surface area contributed by atoms with Crippen LogP contribution in [0.1, 0.15) is 17.3 Å². The number of hydrogen-bond donors (Lipinski definition) is 0. The number of rotatable bonds is 1. The monoisotopic (exact) mass is 227 g/mol. The Balaban J connectivity index is 2.66. The van der Waals surface area contributed by atoms with Crippen molar-refractivity contribution in [1.29, 1.82) is 0 Å². The molecule has 0 spiro atoms. The van der Waals surface area contributed by atoms with Crippen LogP contribution in [0.5, 0.6) is 0 Å². The molecular formula is C10H7ClFNO2. The minimum atomic E-state index is -0.686. The number of ketones is 1. The van der Waals surface area contributed by atoms with Gasteiger partial charge in [-0.25, -0.2) is 4.39 Å². The van der Waals surface area contributed by atoms with Crippen molar-refractivity contribution < 1.29 is 14.0 Å². The van der Waals surface area contributed by atoms with Crippen molar-refractivity contribution in [2.24, 2.45) is 0 Å². The Bertz CT molecular complexity index is 473. The minimum Gasteiger partial charge on any atom is -0.305 e. The summed E-state index contributed by atoms with van der Waals surface area (Å²) in [5.74, 6) is -1.99. The topological polar surface area (TPSA) is 37.4 Å². The molecule has 1 aromatic rings. The third kappa shape index (κ3) is 1.33. The van der Waals surface area contributed by atoms with E-state index >= 15 is 0 Å². The molecule has 1 aliphatic heterocycles. The van der Waals surface area contributed by atoms with E-state index in [1.54, 1.807) is 6.92 Å². The molecule has 1 aromatic carbocycles. The van der Waals surface area contributed by atoms with E-state index in [-0.39, 0.29) is 10.6 Å². The maximum Gasteiger partial charge on any atom is 0.299 e. The second kappa shape index (κ2) is 3.31. The number of anilines is 1. The molecule has 0 atom stereocenters. The molecule has 0 bridgehead atoms. The van der Waals surface area contributed by atoms with Crippen molar-refractivity contribution in [3.63, 3.8) is 0 Å². The Morgan fingerprint density at radius 2 is 2.07 bits per heavy atom. The summed E-state index contributed by atoms with van der Waals surface area (Å²) in [6, 6.07) is 2.31. The quantitative estimate of drug-likeness (QED) is 0.689. The van der Waals surface area contributed by atoms with Crippen molar-refractivity contribution in [3.05, 3.63) is 28.5 Å². The van der Waals surface area contributed by atoms with Gasteiger partial charge in [0.15, 0.2) is 0 Å². The van der Waals surface area contributed by atoms with Crippen LogP contribution in [0.15, 0.2) is 12.1 Å². The van der Waals surface area contributed by atoms with Gasteiger partial charge >= 0.3 is 0 Å². The van der Waals surface area contributed by atoms with Gasteiger partial charge in [-0.05, 0) is 19.1 Å². The van der Waals surface area contributed by atoms with E-state index in [4.69, 9.17) is 11.6 Å². The Labute approximate surface area is 90.4 Å². The molecule has 0 N–H and O–H groups in total. The molecule has 0 aromatic heterocycles. The number of likely N-dealkylation sites (N-methyl/N-ethyl adjacent to an activating group) is 1. The van der Waals surface area contributed by atoms with Gasteiger partial charge in [0.1, 0.15) is 5.82 Å². The second-order valence-electron chi connectivity index (χ2n) is 3.16. The molecule has 15 heavy (non-hydrogen) atoms. The van der Waals surface area contributed by atoms with Gasteiger partial charge in [-0.2, -0.15) is 0 Å². The van der Waals surface area contributed by atoms with Crippen molar-refractivity contribution in [1.82, 2.24) is 0 Å². The molecule has 1 aliphatic rings. The highest BCUT2D eigenvalue weighted by molar-refractivity contribution is 6.52. The molecule has 0 aliphatic carbocycles. The molecule has 0 saturated heterocycles. The third-order valence-corrected chi connectivity index (χ3v) is 2.62. The molecular weight excluding hydrogens is 221 g/mol. The van der Waals surface area contributed by atoms with Crippen LogP contribution in [0.2, 0.25) is 5.02 Å². The van der Waals surface area contributed by atoms with E-state index in [0.717, 1.165) is 6.07 Å². The van der Waals surface area contributed by atoms with Crippen LogP contribution in [0.25, 0.3) is 0 Å². The predicted molar refractivity (Wildman–Crippen MR) is 53.8 cm³/mol. The van der Waals surface area contributed by atoms with Crippen molar-refractivity contribution in [2.45, 2.75) is 6.92 Å². The van der Waals surface area contributed by atoms with E-state index in [1.165, 1.54) is 11.0 Å². The molecule has 2 rings (SSSR count). The van der Waals surface area contributed by atoms with Crippen molar-refractivity contribution in [2.75, 3.05) is 11.4 Å². The van der Waals surface area contributed by atoms with Gasteiger partial charge in [0, 0.05) is 6.54 Å². The Kier molecular flexibility index (Phi) is 2.23. The first-order valence-corrected chi connectivity index (χ1v) is 4.79. The van der Waals surface area contributed by atoms with E-state index < -0.39 is 17.5 Å². The smallest absolute Gasteiger partial charge is 0.299 e. The van der Waals surface area contributed by atoms with Crippen LogP contribution in [-0.2, 0) is 4.79 Å². The van der Waals surface area contributed by atoms with Gasteiger partial charge in [0.05, 0.1) is 16.3 Å². The minimum absolute atomic E-state index is 0.0868. The Morgan fingerprint density at radius 1 is 1.40 bits per heavy atom. The second-order valence-corrected chi connectivity index (χ2v) is 3.57. The fourth-order valence-corrected chi connectivity index (χ4v) is 1.76. The number of carbonyl (C=O) groups is 2. The molecule has 5 heteroatoms. The van der Waals surface area contributed by atoms with Crippen LogP contribution in [0, 0.1) is 5.82 Å². The molecule has 0 saturated carbocycles. The summed E-state index contributed by atoms with van der Waals surface area (Å²) in [5.41, 5.74) is 0.475. The van der Waals surface area contributed by atoms with Crippen LogP contribution in [0.3, 0.4) is 0 Å². The Morgan fingerprint density at radius 3 is 2.67 bits per heavy atom. The molecule has 0 radical (unpaired) electrons. The number of benzene rings is 1. The number of Topliss-reactive ketones (excluding diaryl/α,β-unsaturated/α-hetero) is 1. The van der Waals surface area contributed by atoms with E-state index in [2.05, 4.69) is 0 Å². The number of fused-ring (bicyclic) bond motifs is 1. The Hall–Kier alpha value is -1.42. The maximum atomic E-state index is 13.1. The van der Waals surface area contributed by atoms with E-state index in [0.29, 0.717) is 12.2 Å². The summed E-state index contributed by atoms with van der Waals surface area (Å²) in [4.78, 5) is 24.1.